The van der Waals surface area contributed by atoms with Gasteiger partial charge in [0.2, 0.25) is 5.91 Å². The summed E-state index contributed by atoms with van der Waals surface area (Å²) in [6.07, 6.45) is 4.50. The second kappa shape index (κ2) is 9.36. The molecule has 2 aromatic carbocycles. The highest BCUT2D eigenvalue weighted by molar-refractivity contribution is 6.02. The molecular formula is C24H27NO3. The maximum Gasteiger partial charge on any atom is 0.345 e. The number of amides is 1. The first-order chi connectivity index (χ1) is 13.6. The van der Waals surface area contributed by atoms with Gasteiger partial charge >= 0.3 is 5.63 Å². The fraction of sp³-hybridized carbons (Fsp3) is 0.333. The van der Waals surface area contributed by atoms with Crippen LogP contribution >= 0.6 is 0 Å². The van der Waals surface area contributed by atoms with E-state index in [2.05, 4.69) is 19.2 Å². The van der Waals surface area contributed by atoms with Gasteiger partial charge in [-0.05, 0) is 41.8 Å². The zero-order valence-electron chi connectivity index (χ0n) is 16.6. The normalized spacial score (nSPS) is 10.9. The average Bonchev–Trinajstić information content (AvgIpc) is 2.70. The monoisotopic (exact) mass is 377 g/mol. The van der Waals surface area contributed by atoms with E-state index in [0.717, 1.165) is 48.0 Å². The first-order valence-corrected chi connectivity index (χ1v) is 10.0. The summed E-state index contributed by atoms with van der Waals surface area (Å²) in [5, 5.41) is 4.28. The van der Waals surface area contributed by atoms with Crippen LogP contribution in [0.25, 0.3) is 10.8 Å². The van der Waals surface area contributed by atoms with Crippen LogP contribution in [-0.4, -0.2) is 5.91 Å². The third-order valence-electron chi connectivity index (χ3n) is 4.88. The molecule has 0 unspecified atom stereocenters. The molecule has 1 amide bonds. The Labute approximate surface area is 165 Å². The van der Waals surface area contributed by atoms with Gasteiger partial charge in [0, 0.05) is 12.8 Å². The Morgan fingerprint density at radius 1 is 0.929 bits per heavy atom. The summed E-state index contributed by atoms with van der Waals surface area (Å²) in [4.78, 5) is 25.2. The Kier molecular flexibility index (Phi) is 6.64. The molecule has 0 aliphatic carbocycles. The average molecular weight is 377 g/mol. The summed E-state index contributed by atoms with van der Waals surface area (Å²) in [5.74, 6) is 0.667. The van der Waals surface area contributed by atoms with Gasteiger partial charge in [-0.25, -0.2) is 4.79 Å². The van der Waals surface area contributed by atoms with E-state index in [9.17, 15) is 9.59 Å². The molecule has 28 heavy (non-hydrogen) atoms. The maximum atomic E-state index is 12.7. The molecule has 1 heterocycles. The van der Waals surface area contributed by atoms with Gasteiger partial charge in [-0.3, -0.25) is 4.79 Å². The summed E-state index contributed by atoms with van der Waals surface area (Å²) in [6.45, 7) is 4.19. The van der Waals surface area contributed by atoms with Crippen LogP contribution in [0.15, 0.2) is 57.7 Å². The SMILES string of the molecule is CCCc1oc(=O)c2c(NC(=O)CCc3ccccc3)cccc2c1CCC. The molecule has 0 saturated carbocycles. The Balaban J connectivity index is 1.90. The molecule has 1 aromatic heterocycles. The van der Waals surface area contributed by atoms with Gasteiger partial charge in [0.05, 0.1) is 11.1 Å². The Morgan fingerprint density at radius 3 is 2.39 bits per heavy atom. The predicted molar refractivity (Wildman–Crippen MR) is 114 cm³/mol. The Morgan fingerprint density at radius 2 is 1.68 bits per heavy atom. The Hall–Kier alpha value is -2.88. The van der Waals surface area contributed by atoms with Gasteiger partial charge in [-0.2, -0.15) is 0 Å². The van der Waals surface area contributed by atoms with Crippen LogP contribution in [0.4, 0.5) is 5.69 Å². The van der Waals surface area contributed by atoms with Crippen molar-refractivity contribution >= 4 is 22.4 Å². The minimum absolute atomic E-state index is 0.106. The molecule has 0 spiro atoms. The number of anilines is 1. The van der Waals surface area contributed by atoms with Crippen LogP contribution in [-0.2, 0) is 24.1 Å². The first kappa shape index (κ1) is 19.9. The van der Waals surface area contributed by atoms with Crippen molar-refractivity contribution in [3.05, 3.63) is 75.8 Å². The van der Waals surface area contributed by atoms with Gasteiger partial charge in [-0.1, -0.05) is 62.7 Å². The Bertz CT molecular complexity index is 1010. The summed E-state index contributed by atoms with van der Waals surface area (Å²) in [5.41, 5.74) is 2.35. The third kappa shape index (κ3) is 4.50. The lowest BCUT2D eigenvalue weighted by Crippen LogP contribution is -2.15. The molecule has 4 heteroatoms. The lowest BCUT2D eigenvalue weighted by molar-refractivity contribution is -0.116. The summed E-state index contributed by atoms with van der Waals surface area (Å²) in [6, 6.07) is 15.5. The third-order valence-corrected chi connectivity index (χ3v) is 4.88. The van der Waals surface area contributed by atoms with E-state index in [0.29, 0.717) is 23.9 Å². The fourth-order valence-corrected chi connectivity index (χ4v) is 3.57. The molecule has 0 bridgehead atoms. The summed E-state index contributed by atoms with van der Waals surface area (Å²) >= 11 is 0. The quantitative estimate of drug-likeness (QED) is 0.582. The number of nitrogens with one attached hydrogen (secondary N) is 1. The van der Waals surface area contributed by atoms with Crippen molar-refractivity contribution in [1.82, 2.24) is 0 Å². The highest BCUT2D eigenvalue weighted by Gasteiger charge is 2.16. The van der Waals surface area contributed by atoms with Crippen LogP contribution < -0.4 is 10.9 Å². The van der Waals surface area contributed by atoms with E-state index < -0.39 is 0 Å². The molecule has 0 fully saturated rings. The predicted octanol–water partition coefficient (Wildman–Crippen LogP) is 5.27. The van der Waals surface area contributed by atoms with Crippen molar-refractivity contribution in [3.8, 4) is 0 Å². The van der Waals surface area contributed by atoms with Gasteiger partial charge in [0.15, 0.2) is 0 Å². The first-order valence-electron chi connectivity index (χ1n) is 10.0. The van der Waals surface area contributed by atoms with Gasteiger partial charge in [-0.15, -0.1) is 0 Å². The van der Waals surface area contributed by atoms with Crippen molar-refractivity contribution in [2.75, 3.05) is 5.32 Å². The van der Waals surface area contributed by atoms with E-state index in [1.165, 1.54) is 0 Å². The smallest absolute Gasteiger partial charge is 0.345 e. The molecule has 0 aliphatic heterocycles. The molecule has 1 N–H and O–H groups in total. The van der Waals surface area contributed by atoms with E-state index in [1.54, 1.807) is 6.07 Å². The van der Waals surface area contributed by atoms with Crippen LogP contribution in [0.1, 0.15) is 50.0 Å². The van der Waals surface area contributed by atoms with Crippen molar-refractivity contribution in [2.45, 2.75) is 52.4 Å². The standard InChI is InChI=1S/C24H27NO3/c1-3-9-18-19-13-8-14-20(23(19)24(27)28-21(18)10-4-2)25-22(26)16-15-17-11-6-5-7-12-17/h5-8,11-14H,3-4,9-10,15-16H2,1-2H3,(H,25,26). The molecule has 4 nitrogen and oxygen atoms in total. The number of fused-ring (bicyclic) bond motifs is 1. The summed E-state index contributed by atoms with van der Waals surface area (Å²) in [7, 11) is 0. The number of aryl methyl sites for hydroxylation is 3. The second-order valence-electron chi connectivity index (χ2n) is 7.05. The minimum Gasteiger partial charge on any atom is -0.427 e. The van der Waals surface area contributed by atoms with Gasteiger partial charge in [0.25, 0.3) is 0 Å². The van der Waals surface area contributed by atoms with E-state index in [4.69, 9.17) is 4.42 Å². The number of benzene rings is 2. The van der Waals surface area contributed by atoms with Crippen LogP contribution in [0.2, 0.25) is 0 Å². The van der Waals surface area contributed by atoms with Crippen molar-refractivity contribution in [3.63, 3.8) is 0 Å². The van der Waals surface area contributed by atoms with E-state index >= 15 is 0 Å². The number of hydrogen-bond donors (Lipinski definition) is 1. The van der Waals surface area contributed by atoms with Crippen LogP contribution in [0.5, 0.6) is 0 Å². The van der Waals surface area contributed by atoms with Crippen molar-refractivity contribution in [1.29, 1.82) is 0 Å². The maximum absolute atomic E-state index is 12.7. The van der Waals surface area contributed by atoms with Crippen molar-refractivity contribution in [2.24, 2.45) is 0 Å². The zero-order valence-corrected chi connectivity index (χ0v) is 16.6. The highest BCUT2D eigenvalue weighted by Crippen LogP contribution is 2.27. The van der Waals surface area contributed by atoms with E-state index in [1.807, 2.05) is 42.5 Å². The lowest BCUT2D eigenvalue weighted by Gasteiger charge is -2.13. The van der Waals surface area contributed by atoms with Crippen LogP contribution in [0, 0.1) is 0 Å². The lowest BCUT2D eigenvalue weighted by atomic mass is 9.98. The molecular weight excluding hydrogens is 350 g/mol. The highest BCUT2D eigenvalue weighted by atomic mass is 16.4. The summed E-state index contributed by atoms with van der Waals surface area (Å²) < 4.78 is 5.66. The number of carbonyl (C=O) groups excluding carboxylic acids is 1. The van der Waals surface area contributed by atoms with E-state index in [-0.39, 0.29) is 11.5 Å². The molecule has 146 valence electrons. The fourth-order valence-electron chi connectivity index (χ4n) is 3.57. The minimum atomic E-state index is -0.378. The second-order valence-corrected chi connectivity index (χ2v) is 7.05. The molecule has 0 atom stereocenters. The van der Waals surface area contributed by atoms with Gasteiger partial charge in [0.1, 0.15) is 5.76 Å². The van der Waals surface area contributed by atoms with Crippen molar-refractivity contribution < 1.29 is 9.21 Å². The molecule has 3 rings (SSSR count). The molecule has 0 radical (unpaired) electrons. The number of carbonyl (C=O) groups is 1. The topological polar surface area (TPSA) is 59.3 Å². The van der Waals surface area contributed by atoms with Crippen LogP contribution in [0.3, 0.4) is 0 Å². The largest absolute Gasteiger partial charge is 0.427 e. The number of hydrogen-bond acceptors (Lipinski definition) is 3. The molecule has 3 aromatic rings. The number of rotatable bonds is 8. The molecule has 0 aliphatic rings. The van der Waals surface area contributed by atoms with Gasteiger partial charge < -0.3 is 9.73 Å². The molecule has 0 saturated heterocycles. The zero-order chi connectivity index (χ0) is 19.9.